The number of nitrogens with one attached hydrogen (secondary N) is 1. The molecule has 0 aromatic heterocycles. The molecule has 6 heteroatoms. The highest BCUT2D eigenvalue weighted by Gasteiger charge is 2.39. The van der Waals surface area contributed by atoms with Crippen molar-refractivity contribution in [2.24, 2.45) is 5.92 Å². The number of aliphatic hydroxyl groups excluding tert-OH is 1. The van der Waals surface area contributed by atoms with Crippen LogP contribution in [0.4, 0.5) is 0 Å². The van der Waals surface area contributed by atoms with Gasteiger partial charge in [0.2, 0.25) is 10.0 Å². The monoisotopic (exact) mass is 311 g/mol. The highest BCUT2D eigenvalue weighted by molar-refractivity contribution is 7.89. The molecule has 0 radical (unpaired) electrons. The van der Waals surface area contributed by atoms with Gasteiger partial charge in [0, 0.05) is 12.6 Å². The van der Waals surface area contributed by atoms with Gasteiger partial charge in [-0.3, -0.25) is 0 Å². The van der Waals surface area contributed by atoms with Crippen molar-refractivity contribution in [3.63, 3.8) is 0 Å². The van der Waals surface area contributed by atoms with Crippen molar-refractivity contribution in [3.8, 4) is 5.75 Å². The largest absolute Gasteiger partial charge is 0.490 e. The molecule has 2 fully saturated rings. The van der Waals surface area contributed by atoms with E-state index in [-0.39, 0.29) is 29.6 Å². The summed E-state index contributed by atoms with van der Waals surface area (Å²) < 4.78 is 32.8. The molecule has 2 aliphatic rings. The maximum atomic E-state index is 12.2. The van der Waals surface area contributed by atoms with Crippen molar-refractivity contribution in [1.82, 2.24) is 4.72 Å². The van der Waals surface area contributed by atoms with Crippen LogP contribution < -0.4 is 9.46 Å². The zero-order chi connectivity index (χ0) is 14.9. The van der Waals surface area contributed by atoms with Crippen molar-refractivity contribution in [2.45, 2.75) is 49.1 Å². The molecule has 0 heterocycles. The maximum Gasteiger partial charge on any atom is 0.240 e. The fraction of sp³-hybridized carbons (Fsp3) is 0.600. The number of benzene rings is 1. The molecule has 2 atom stereocenters. The van der Waals surface area contributed by atoms with Gasteiger partial charge in [-0.2, -0.15) is 0 Å². The van der Waals surface area contributed by atoms with Crippen molar-refractivity contribution < 1.29 is 18.3 Å². The lowest BCUT2D eigenvalue weighted by Crippen LogP contribution is -2.27. The molecular weight excluding hydrogens is 290 g/mol. The van der Waals surface area contributed by atoms with Crippen LogP contribution in [0.25, 0.3) is 0 Å². The first-order valence-corrected chi connectivity index (χ1v) is 8.97. The summed E-state index contributed by atoms with van der Waals surface area (Å²) in [5, 5.41) is 8.96. The number of hydrogen-bond donors (Lipinski definition) is 2. The number of rotatable bonds is 6. The lowest BCUT2D eigenvalue weighted by atomic mass is 10.3. The standard InChI is InChI=1S/C15H21NO4S/c17-10-11-9-15(11)16-21(18,19)14-7-5-13(6-8-14)20-12-3-1-2-4-12/h5-8,11-12,15-17H,1-4,9-10H2/t11-,15+/m0/s1. The fourth-order valence-electron chi connectivity index (χ4n) is 2.76. The Morgan fingerprint density at radius 2 is 1.86 bits per heavy atom. The minimum atomic E-state index is -3.50. The Balaban J connectivity index is 1.62. The molecule has 116 valence electrons. The van der Waals surface area contributed by atoms with Crippen LogP contribution in [-0.4, -0.2) is 32.3 Å². The van der Waals surface area contributed by atoms with Crippen LogP contribution in [0.15, 0.2) is 29.2 Å². The van der Waals surface area contributed by atoms with E-state index in [1.165, 1.54) is 12.8 Å². The molecule has 0 spiro atoms. The predicted octanol–water partition coefficient (Wildman–Crippen LogP) is 1.67. The molecule has 0 amide bonds. The summed E-state index contributed by atoms with van der Waals surface area (Å²) in [6.07, 6.45) is 5.53. The van der Waals surface area contributed by atoms with Crippen LogP contribution in [-0.2, 0) is 10.0 Å². The number of aliphatic hydroxyl groups is 1. The van der Waals surface area contributed by atoms with Crippen LogP contribution in [0.3, 0.4) is 0 Å². The zero-order valence-electron chi connectivity index (χ0n) is 11.9. The van der Waals surface area contributed by atoms with Crippen LogP contribution in [0.5, 0.6) is 5.75 Å². The average Bonchev–Trinajstić information content (AvgIpc) is 2.99. The van der Waals surface area contributed by atoms with Crippen molar-refractivity contribution >= 4 is 10.0 Å². The van der Waals surface area contributed by atoms with Gasteiger partial charge >= 0.3 is 0 Å². The number of hydrogen-bond acceptors (Lipinski definition) is 4. The summed E-state index contributed by atoms with van der Waals surface area (Å²) in [6, 6.07) is 6.44. The minimum absolute atomic E-state index is 0.0291. The van der Waals surface area contributed by atoms with Gasteiger partial charge in [0.05, 0.1) is 11.0 Å². The molecule has 0 unspecified atom stereocenters. The van der Waals surface area contributed by atoms with E-state index in [0.717, 1.165) is 18.6 Å². The van der Waals surface area contributed by atoms with Crippen molar-refractivity contribution in [2.75, 3.05) is 6.61 Å². The van der Waals surface area contributed by atoms with Gasteiger partial charge in [0.1, 0.15) is 5.75 Å². The highest BCUT2D eigenvalue weighted by Crippen LogP contribution is 2.31. The Labute approximate surface area is 125 Å². The second-order valence-electron chi connectivity index (χ2n) is 5.90. The quantitative estimate of drug-likeness (QED) is 0.838. The second-order valence-corrected chi connectivity index (χ2v) is 7.62. The van der Waals surface area contributed by atoms with E-state index < -0.39 is 10.0 Å². The Kier molecular flexibility index (Phi) is 4.19. The predicted molar refractivity (Wildman–Crippen MR) is 78.6 cm³/mol. The van der Waals surface area contributed by atoms with Crippen LogP contribution in [0, 0.1) is 5.92 Å². The van der Waals surface area contributed by atoms with E-state index >= 15 is 0 Å². The Morgan fingerprint density at radius 1 is 1.19 bits per heavy atom. The van der Waals surface area contributed by atoms with Gasteiger partial charge in [0.15, 0.2) is 0 Å². The summed E-state index contributed by atoms with van der Waals surface area (Å²) in [6.45, 7) is 0.0291. The van der Waals surface area contributed by atoms with Crippen molar-refractivity contribution in [3.05, 3.63) is 24.3 Å². The first-order valence-electron chi connectivity index (χ1n) is 7.48. The van der Waals surface area contributed by atoms with E-state index in [9.17, 15) is 8.42 Å². The lowest BCUT2D eigenvalue weighted by molar-refractivity contribution is 0.210. The van der Waals surface area contributed by atoms with Gasteiger partial charge in [0.25, 0.3) is 0 Å². The van der Waals surface area contributed by atoms with Gasteiger partial charge in [-0.15, -0.1) is 0 Å². The molecule has 5 nitrogen and oxygen atoms in total. The van der Waals surface area contributed by atoms with Gasteiger partial charge in [-0.05, 0) is 62.3 Å². The van der Waals surface area contributed by atoms with Gasteiger partial charge in [-0.1, -0.05) is 0 Å². The molecule has 1 aromatic carbocycles. The summed E-state index contributed by atoms with van der Waals surface area (Å²) in [4.78, 5) is 0.241. The van der Waals surface area contributed by atoms with E-state index in [1.54, 1.807) is 24.3 Å². The summed E-state index contributed by atoms with van der Waals surface area (Å²) in [5.41, 5.74) is 0. The molecule has 2 aliphatic carbocycles. The van der Waals surface area contributed by atoms with E-state index in [0.29, 0.717) is 6.42 Å². The van der Waals surface area contributed by atoms with Crippen LogP contribution in [0.1, 0.15) is 32.1 Å². The molecule has 0 bridgehead atoms. The third-order valence-electron chi connectivity index (χ3n) is 4.20. The summed E-state index contributed by atoms with van der Waals surface area (Å²) in [7, 11) is -3.50. The third kappa shape index (κ3) is 3.56. The molecule has 1 aromatic rings. The fourth-order valence-corrected chi connectivity index (χ4v) is 4.07. The molecule has 21 heavy (non-hydrogen) atoms. The summed E-state index contributed by atoms with van der Waals surface area (Å²) >= 11 is 0. The second kappa shape index (κ2) is 5.94. The Hall–Kier alpha value is -1.11. The molecule has 0 saturated heterocycles. The number of ether oxygens (including phenoxy) is 1. The third-order valence-corrected chi connectivity index (χ3v) is 5.71. The van der Waals surface area contributed by atoms with Gasteiger partial charge in [-0.25, -0.2) is 13.1 Å². The summed E-state index contributed by atoms with van der Waals surface area (Å²) in [5.74, 6) is 0.783. The van der Waals surface area contributed by atoms with E-state index in [2.05, 4.69) is 4.72 Å². The number of sulfonamides is 1. The van der Waals surface area contributed by atoms with E-state index in [1.807, 2.05) is 0 Å². The minimum Gasteiger partial charge on any atom is -0.490 e. The topological polar surface area (TPSA) is 75.6 Å². The van der Waals surface area contributed by atoms with Crippen molar-refractivity contribution in [1.29, 1.82) is 0 Å². The smallest absolute Gasteiger partial charge is 0.240 e. The molecular formula is C15H21NO4S. The highest BCUT2D eigenvalue weighted by atomic mass is 32.2. The average molecular weight is 311 g/mol. The molecule has 3 rings (SSSR count). The zero-order valence-corrected chi connectivity index (χ0v) is 12.7. The molecule has 2 N–H and O–H groups in total. The molecule has 0 aliphatic heterocycles. The van der Waals surface area contributed by atoms with Crippen LogP contribution >= 0.6 is 0 Å². The lowest BCUT2D eigenvalue weighted by Gasteiger charge is -2.13. The van der Waals surface area contributed by atoms with Crippen LogP contribution in [0.2, 0.25) is 0 Å². The van der Waals surface area contributed by atoms with Gasteiger partial charge < -0.3 is 9.84 Å². The first kappa shape index (κ1) is 14.8. The SMILES string of the molecule is O=S(=O)(N[C@@H]1C[C@H]1CO)c1ccc(OC2CCCC2)cc1. The van der Waals surface area contributed by atoms with E-state index in [4.69, 9.17) is 9.84 Å². The first-order chi connectivity index (χ1) is 10.1. The Morgan fingerprint density at radius 3 is 2.43 bits per heavy atom. The Bertz CT molecular complexity index is 578. The normalized spacial score (nSPS) is 26.0. The molecule has 2 saturated carbocycles. The maximum absolute atomic E-state index is 12.2.